The number of aromatic nitrogens is 1. The number of likely N-dealkylation sites (N-methyl/N-ethyl adjacent to an activating group) is 1. The van der Waals surface area contributed by atoms with E-state index in [0.29, 0.717) is 0 Å². The Hall–Kier alpha value is -0.470. The molecule has 1 aromatic rings. The van der Waals surface area contributed by atoms with E-state index in [0.717, 1.165) is 36.7 Å². The second-order valence-electron chi connectivity index (χ2n) is 6.51. The Morgan fingerprint density at radius 1 is 1.38 bits per heavy atom. The van der Waals surface area contributed by atoms with E-state index in [1.165, 1.54) is 31.4 Å². The van der Waals surface area contributed by atoms with Crippen LogP contribution in [0.3, 0.4) is 0 Å². The molecule has 1 aliphatic rings. The van der Waals surface area contributed by atoms with Crippen molar-refractivity contribution in [2.24, 2.45) is 12.0 Å². The van der Waals surface area contributed by atoms with Crippen molar-refractivity contribution in [1.29, 1.82) is 0 Å². The summed E-state index contributed by atoms with van der Waals surface area (Å²) in [5, 5.41) is 4.24. The number of aryl methyl sites for hydroxylation is 1. The average molecular weight is 468 g/mol. The largest absolute Gasteiger partial charge is 0.355 e. The highest BCUT2D eigenvalue weighted by molar-refractivity contribution is 14.0. The van der Waals surface area contributed by atoms with E-state index >= 15 is 0 Å². The fraction of sp³-hybridized carbons (Fsp3) is 0.706. The molecule has 0 atom stereocenters. The van der Waals surface area contributed by atoms with Gasteiger partial charge in [0.05, 0.1) is 11.6 Å². The molecule has 1 saturated carbocycles. The fourth-order valence-electron chi connectivity index (χ4n) is 3.30. The van der Waals surface area contributed by atoms with Gasteiger partial charge in [0, 0.05) is 52.2 Å². The van der Waals surface area contributed by atoms with Crippen LogP contribution in [0, 0.1) is 0 Å². The maximum atomic E-state index is 6.05. The van der Waals surface area contributed by atoms with E-state index < -0.39 is 0 Å². The Bertz CT molecular complexity index is 525. The Kier molecular flexibility index (Phi) is 9.44. The smallest absolute Gasteiger partial charge is 0.193 e. The number of hydrogen-bond acceptors (Lipinski definition) is 2. The molecule has 0 radical (unpaired) electrons. The SMILES string of the molecule is CN=C(NCCN(C)C1CCCC1)N(C)Cc1cc(Cl)cn1C.I. The zero-order valence-corrected chi connectivity index (χ0v) is 18.3. The van der Waals surface area contributed by atoms with Gasteiger partial charge in [-0.1, -0.05) is 24.4 Å². The predicted octanol–water partition coefficient (Wildman–Crippen LogP) is 3.18. The van der Waals surface area contributed by atoms with Gasteiger partial charge in [0.25, 0.3) is 0 Å². The molecule has 0 unspecified atom stereocenters. The van der Waals surface area contributed by atoms with Gasteiger partial charge in [0.2, 0.25) is 0 Å². The number of aliphatic imine (C=N–C) groups is 1. The topological polar surface area (TPSA) is 35.8 Å². The zero-order chi connectivity index (χ0) is 16.8. The van der Waals surface area contributed by atoms with Gasteiger partial charge in [-0.3, -0.25) is 4.99 Å². The van der Waals surface area contributed by atoms with E-state index in [2.05, 4.69) is 38.8 Å². The monoisotopic (exact) mass is 467 g/mol. The van der Waals surface area contributed by atoms with Crippen molar-refractivity contribution >= 4 is 41.5 Å². The van der Waals surface area contributed by atoms with Gasteiger partial charge >= 0.3 is 0 Å². The summed E-state index contributed by atoms with van der Waals surface area (Å²) in [7, 11) is 8.13. The number of guanidine groups is 1. The van der Waals surface area contributed by atoms with Crippen LogP contribution in [-0.2, 0) is 13.6 Å². The number of halogens is 2. The molecule has 0 bridgehead atoms. The molecule has 1 fully saturated rings. The van der Waals surface area contributed by atoms with Crippen LogP contribution in [0.1, 0.15) is 31.4 Å². The predicted molar refractivity (Wildman–Crippen MR) is 114 cm³/mol. The first-order valence-corrected chi connectivity index (χ1v) is 8.82. The molecule has 1 aromatic heterocycles. The third-order valence-corrected chi connectivity index (χ3v) is 4.95. The van der Waals surface area contributed by atoms with Crippen molar-refractivity contribution in [1.82, 2.24) is 19.7 Å². The Morgan fingerprint density at radius 3 is 2.58 bits per heavy atom. The molecule has 1 heterocycles. The highest BCUT2D eigenvalue weighted by atomic mass is 127. The summed E-state index contributed by atoms with van der Waals surface area (Å²) >= 11 is 6.05. The van der Waals surface area contributed by atoms with Crippen molar-refractivity contribution in [3.63, 3.8) is 0 Å². The summed E-state index contributed by atoms with van der Waals surface area (Å²) in [4.78, 5) is 8.99. The molecule has 0 saturated heterocycles. The summed E-state index contributed by atoms with van der Waals surface area (Å²) in [5.41, 5.74) is 1.17. The lowest BCUT2D eigenvalue weighted by Crippen LogP contribution is -2.43. The van der Waals surface area contributed by atoms with Crippen molar-refractivity contribution in [2.75, 3.05) is 34.2 Å². The number of nitrogens with zero attached hydrogens (tertiary/aromatic N) is 4. The van der Waals surface area contributed by atoms with Crippen LogP contribution in [0.5, 0.6) is 0 Å². The van der Waals surface area contributed by atoms with Crippen LogP contribution in [0.15, 0.2) is 17.3 Å². The number of nitrogens with one attached hydrogen (secondary N) is 1. The number of rotatable bonds is 6. The van der Waals surface area contributed by atoms with Gasteiger partial charge < -0.3 is 19.7 Å². The van der Waals surface area contributed by atoms with Gasteiger partial charge in [-0.2, -0.15) is 0 Å². The summed E-state index contributed by atoms with van der Waals surface area (Å²) in [6.45, 7) is 2.74. The third-order valence-electron chi connectivity index (χ3n) is 4.74. The van der Waals surface area contributed by atoms with Crippen molar-refractivity contribution in [3.8, 4) is 0 Å². The van der Waals surface area contributed by atoms with E-state index in [4.69, 9.17) is 11.6 Å². The highest BCUT2D eigenvalue weighted by Crippen LogP contribution is 2.21. The minimum absolute atomic E-state index is 0. The van der Waals surface area contributed by atoms with Gasteiger partial charge in [-0.15, -0.1) is 24.0 Å². The minimum Gasteiger partial charge on any atom is -0.355 e. The minimum atomic E-state index is 0. The van der Waals surface area contributed by atoms with Crippen LogP contribution in [0.4, 0.5) is 0 Å². The fourth-order valence-corrected chi connectivity index (χ4v) is 3.57. The van der Waals surface area contributed by atoms with Crippen LogP contribution >= 0.6 is 35.6 Å². The van der Waals surface area contributed by atoms with E-state index in [9.17, 15) is 0 Å². The van der Waals surface area contributed by atoms with Crippen molar-refractivity contribution in [2.45, 2.75) is 38.3 Å². The Balaban J connectivity index is 0.00000288. The first kappa shape index (κ1) is 21.6. The molecular formula is C17H31ClIN5. The van der Waals surface area contributed by atoms with Crippen LogP contribution in [0.2, 0.25) is 5.02 Å². The Labute approximate surface area is 168 Å². The van der Waals surface area contributed by atoms with Gasteiger partial charge in [-0.25, -0.2) is 0 Å². The summed E-state index contributed by atoms with van der Waals surface area (Å²) in [6.07, 6.45) is 7.38. The first-order valence-electron chi connectivity index (χ1n) is 8.44. The maximum Gasteiger partial charge on any atom is 0.193 e. The lowest BCUT2D eigenvalue weighted by atomic mass is 10.2. The molecule has 5 nitrogen and oxygen atoms in total. The second kappa shape index (κ2) is 10.5. The average Bonchev–Trinajstić information content (AvgIpc) is 3.14. The molecule has 138 valence electrons. The van der Waals surface area contributed by atoms with Crippen LogP contribution < -0.4 is 5.32 Å². The molecule has 1 aliphatic carbocycles. The van der Waals surface area contributed by atoms with Crippen molar-refractivity contribution in [3.05, 3.63) is 23.0 Å². The van der Waals surface area contributed by atoms with Crippen LogP contribution in [-0.4, -0.2) is 60.6 Å². The quantitative estimate of drug-likeness (QED) is 0.397. The van der Waals surface area contributed by atoms with E-state index in [-0.39, 0.29) is 24.0 Å². The molecule has 0 spiro atoms. The van der Waals surface area contributed by atoms with Crippen molar-refractivity contribution < 1.29 is 0 Å². The molecule has 1 N–H and O–H groups in total. The molecule has 24 heavy (non-hydrogen) atoms. The van der Waals surface area contributed by atoms with Crippen LogP contribution in [0.25, 0.3) is 0 Å². The third kappa shape index (κ3) is 6.11. The summed E-state index contributed by atoms with van der Waals surface area (Å²) in [6, 6.07) is 2.77. The molecule has 7 heteroatoms. The summed E-state index contributed by atoms with van der Waals surface area (Å²) < 4.78 is 2.06. The highest BCUT2D eigenvalue weighted by Gasteiger charge is 2.19. The van der Waals surface area contributed by atoms with E-state index in [1.807, 2.05) is 26.4 Å². The molecule has 0 aliphatic heterocycles. The molecule has 0 amide bonds. The zero-order valence-electron chi connectivity index (χ0n) is 15.3. The maximum absolute atomic E-state index is 6.05. The van der Waals surface area contributed by atoms with Gasteiger partial charge in [0.15, 0.2) is 5.96 Å². The Morgan fingerprint density at radius 2 is 2.04 bits per heavy atom. The molecular weight excluding hydrogens is 437 g/mol. The van der Waals surface area contributed by atoms with Gasteiger partial charge in [-0.05, 0) is 26.0 Å². The van der Waals surface area contributed by atoms with E-state index in [1.54, 1.807) is 0 Å². The lowest BCUT2D eigenvalue weighted by molar-refractivity contribution is 0.248. The molecule has 0 aromatic carbocycles. The van der Waals surface area contributed by atoms with Gasteiger partial charge in [0.1, 0.15) is 0 Å². The standard InChI is InChI=1S/C17H30ClN5.HI/c1-19-17(20-9-10-21(2)15-7-5-6-8-15)23(4)13-16-11-14(18)12-22(16)3;/h11-12,15H,5-10,13H2,1-4H3,(H,19,20);1H. The second-order valence-corrected chi connectivity index (χ2v) is 6.95. The summed E-state index contributed by atoms with van der Waals surface area (Å²) in [5.74, 6) is 0.919. The molecule has 2 rings (SSSR count). The lowest BCUT2D eigenvalue weighted by Gasteiger charge is -2.26. The number of hydrogen-bond donors (Lipinski definition) is 1. The first-order chi connectivity index (χ1) is 11.0. The normalized spacial score (nSPS) is 15.7.